The zero-order chi connectivity index (χ0) is 16.0. The third-order valence-corrected chi connectivity index (χ3v) is 4.72. The van der Waals surface area contributed by atoms with Gasteiger partial charge in [0, 0.05) is 25.1 Å². The number of aryl methyl sites for hydroxylation is 1. The first-order chi connectivity index (χ1) is 9.77. The number of nitrogens with zero attached hydrogens (tertiary/aromatic N) is 1. The van der Waals surface area contributed by atoms with Gasteiger partial charge in [-0.2, -0.15) is 12.7 Å². The summed E-state index contributed by atoms with van der Waals surface area (Å²) >= 11 is 0. The molecule has 0 fully saturated rings. The number of aliphatic hydroxyl groups is 1. The molecule has 0 aliphatic heterocycles. The second-order valence-electron chi connectivity index (χ2n) is 5.02. The van der Waals surface area contributed by atoms with E-state index in [0.717, 1.165) is 11.1 Å². The van der Waals surface area contributed by atoms with Gasteiger partial charge in [-0.25, -0.2) is 0 Å². The highest BCUT2D eigenvalue weighted by Gasteiger charge is 2.20. The van der Waals surface area contributed by atoms with Gasteiger partial charge in [-0.3, -0.25) is 4.72 Å². The standard InChI is InChI=1S/C15H22N2O3S/c1-12(2)17(4)21(19,20)16-15-9-8-13(3)14(11-15)7-5-6-10-18/h8-9,11-12,16,18H,6,10H2,1-4H3. The molecule has 0 atom stereocenters. The van der Waals surface area contributed by atoms with Gasteiger partial charge >= 0.3 is 10.2 Å². The van der Waals surface area contributed by atoms with Gasteiger partial charge < -0.3 is 5.11 Å². The number of aliphatic hydroxyl groups excluding tert-OH is 1. The summed E-state index contributed by atoms with van der Waals surface area (Å²) in [5, 5.41) is 8.73. The van der Waals surface area contributed by atoms with E-state index in [4.69, 9.17) is 5.11 Å². The molecule has 0 bridgehead atoms. The van der Waals surface area contributed by atoms with E-state index in [-0.39, 0.29) is 12.6 Å². The van der Waals surface area contributed by atoms with Crippen molar-refractivity contribution in [1.29, 1.82) is 0 Å². The van der Waals surface area contributed by atoms with Gasteiger partial charge in [-0.15, -0.1) is 0 Å². The van der Waals surface area contributed by atoms with Gasteiger partial charge in [0.15, 0.2) is 0 Å². The minimum atomic E-state index is -3.57. The smallest absolute Gasteiger partial charge is 0.301 e. The van der Waals surface area contributed by atoms with E-state index in [1.54, 1.807) is 26.0 Å². The fourth-order valence-electron chi connectivity index (χ4n) is 1.53. The van der Waals surface area contributed by atoms with E-state index in [9.17, 15) is 8.42 Å². The minimum absolute atomic E-state index is 0.0115. The Morgan fingerprint density at radius 2 is 2.05 bits per heavy atom. The van der Waals surface area contributed by atoms with Gasteiger partial charge in [0.2, 0.25) is 0 Å². The summed E-state index contributed by atoms with van der Waals surface area (Å²) in [7, 11) is -2.04. The van der Waals surface area contributed by atoms with Crippen molar-refractivity contribution in [3.63, 3.8) is 0 Å². The quantitative estimate of drug-likeness (QED) is 0.814. The molecule has 0 unspecified atom stereocenters. The Morgan fingerprint density at radius 1 is 1.38 bits per heavy atom. The second-order valence-corrected chi connectivity index (χ2v) is 6.75. The van der Waals surface area contributed by atoms with Crippen LogP contribution < -0.4 is 4.72 Å². The van der Waals surface area contributed by atoms with E-state index >= 15 is 0 Å². The van der Waals surface area contributed by atoms with Crippen LogP contribution in [0.3, 0.4) is 0 Å². The van der Waals surface area contributed by atoms with Crippen molar-refractivity contribution < 1.29 is 13.5 Å². The van der Waals surface area contributed by atoms with Crippen LogP contribution in [0.2, 0.25) is 0 Å². The van der Waals surface area contributed by atoms with Crippen molar-refractivity contribution >= 4 is 15.9 Å². The highest BCUT2D eigenvalue weighted by Crippen LogP contribution is 2.17. The first-order valence-electron chi connectivity index (χ1n) is 6.74. The molecule has 0 aromatic heterocycles. The Bertz CT molecular complexity index is 643. The maximum absolute atomic E-state index is 12.1. The first-order valence-corrected chi connectivity index (χ1v) is 8.18. The number of hydrogen-bond acceptors (Lipinski definition) is 3. The minimum Gasteiger partial charge on any atom is -0.395 e. The van der Waals surface area contributed by atoms with Gasteiger partial charge in [-0.1, -0.05) is 17.9 Å². The number of anilines is 1. The Hall–Kier alpha value is -1.55. The van der Waals surface area contributed by atoms with Crippen LogP contribution in [0.25, 0.3) is 0 Å². The van der Waals surface area contributed by atoms with Gasteiger partial charge in [0.05, 0.1) is 12.3 Å². The predicted octanol–water partition coefficient (Wildman–Crippen LogP) is 1.73. The maximum atomic E-state index is 12.1. The second kappa shape index (κ2) is 7.46. The van der Waals surface area contributed by atoms with Crippen molar-refractivity contribution in [2.45, 2.75) is 33.2 Å². The molecule has 116 valence electrons. The molecule has 21 heavy (non-hydrogen) atoms. The van der Waals surface area contributed by atoms with Crippen LogP contribution in [-0.4, -0.2) is 37.5 Å². The molecular formula is C15H22N2O3S. The van der Waals surface area contributed by atoms with Crippen molar-refractivity contribution in [1.82, 2.24) is 4.31 Å². The van der Waals surface area contributed by atoms with E-state index in [2.05, 4.69) is 16.6 Å². The Balaban J connectivity index is 3.01. The van der Waals surface area contributed by atoms with Gasteiger partial charge in [0.25, 0.3) is 0 Å². The van der Waals surface area contributed by atoms with Crippen LogP contribution in [0.4, 0.5) is 5.69 Å². The highest BCUT2D eigenvalue weighted by molar-refractivity contribution is 7.90. The summed E-state index contributed by atoms with van der Waals surface area (Å²) in [6, 6.07) is 5.09. The van der Waals surface area contributed by atoms with Crippen LogP contribution in [0, 0.1) is 18.8 Å². The molecule has 0 aliphatic rings. The van der Waals surface area contributed by atoms with Crippen LogP contribution in [0.5, 0.6) is 0 Å². The maximum Gasteiger partial charge on any atom is 0.301 e. The molecule has 0 saturated heterocycles. The Labute approximate surface area is 127 Å². The molecule has 0 spiro atoms. The first kappa shape index (κ1) is 17.5. The number of nitrogens with one attached hydrogen (secondary N) is 1. The van der Waals surface area contributed by atoms with E-state index in [1.165, 1.54) is 11.4 Å². The highest BCUT2D eigenvalue weighted by atomic mass is 32.2. The monoisotopic (exact) mass is 310 g/mol. The molecule has 0 saturated carbocycles. The Kier molecular flexibility index (Phi) is 6.21. The molecule has 1 aromatic carbocycles. The molecule has 5 nitrogen and oxygen atoms in total. The van der Waals surface area contributed by atoms with E-state index in [1.807, 2.05) is 13.0 Å². The lowest BCUT2D eigenvalue weighted by molar-refractivity contribution is 0.305. The molecule has 0 amide bonds. The number of benzene rings is 1. The van der Waals surface area contributed by atoms with Crippen molar-refractivity contribution in [2.75, 3.05) is 18.4 Å². The lowest BCUT2D eigenvalue weighted by atomic mass is 10.1. The van der Waals surface area contributed by atoms with Gasteiger partial charge in [0.1, 0.15) is 0 Å². The van der Waals surface area contributed by atoms with Crippen molar-refractivity contribution in [3.8, 4) is 11.8 Å². The van der Waals surface area contributed by atoms with Crippen LogP contribution in [-0.2, 0) is 10.2 Å². The summed E-state index contributed by atoms with van der Waals surface area (Å²) in [5.74, 6) is 5.77. The number of rotatable bonds is 5. The Morgan fingerprint density at radius 3 is 2.62 bits per heavy atom. The summed E-state index contributed by atoms with van der Waals surface area (Å²) in [4.78, 5) is 0. The molecule has 1 rings (SSSR count). The summed E-state index contributed by atoms with van der Waals surface area (Å²) in [5.41, 5.74) is 2.18. The molecule has 0 aliphatic carbocycles. The van der Waals surface area contributed by atoms with Crippen molar-refractivity contribution in [2.24, 2.45) is 0 Å². The summed E-state index contributed by atoms with van der Waals surface area (Å²) in [6.45, 7) is 5.53. The third kappa shape index (κ3) is 5.05. The van der Waals surface area contributed by atoms with Crippen LogP contribution in [0.15, 0.2) is 18.2 Å². The van der Waals surface area contributed by atoms with E-state index in [0.29, 0.717) is 12.1 Å². The molecular weight excluding hydrogens is 288 g/mol. The van der Waals surface area contributed by atoms with Crippen molar-refractivity contribution in [3.05, 3.63) is 29.3 Å². The van der Waals surface area contributed by atoms with Crippen LogP contribution >= 0.6 is 0 Å². The molecule has 0 heterocycles. The predicted molar refractivity (Wildman–Crippen MR) is 85.2 cm³/mol. The molecule has 0 radical (unpaired) electrons. The molecule has 2 N–H and O–H groups in total. The van der Waals surface area contributed by atoms with Gasteiger partial charge in [-0.05, 0) is 38.5 Å². The lowest BCUT2D eigenvalue weighted by Crippen LogP contribution is -2.37. The topological polar surface area (TPSA) is 69.6 Å². The van der Waals surface area contributed by atoms with Crippen LogP contribution in [0.1, 0.15) is 31.4 Å². The number of hydrogen-bond donors (Lipinski definition) is 2. The summed E-state index contributed by atoms with van der Waals surface area (Å²) < 4.78 is 28.1. The fourth-order valence-corrected chi connectivity index (χ4v) is 2.66. The average molecular weight is 310 g/mol. The molecule has 1 aromatic rings. The summed E-state index contributed by atoms with van der Waals surface area (Å²) in [6.07, 6.45) is 0.394. The fraction of sp³-hybridized carbons (Fsp3) is 0.467. The average Bonchev–Trinajstić information content (AvgIpc) is 2.41. The lowest BCUT2D eigenvalue weighted by Gasteiger charge is -2.21. The molecule has 6 heteroatoms. The SMILES string of the molecule is Cc1ccc(NS(=O)(=O)N(C)C(C)C)cc1C#CCCO. The normalized spacial score (nSPS) is 11.4. The van der Waals surface area contributed by atoms with E-state index < -0.39 is 10.2 Å². The zero-order valence-corrected chi connectivity index (χ0v) is 13.7. The third-order valence-electron chi connectivity index (χ3n) is 3.05. The zero-order valence-electron chi connectivity index (χ0n) is 12.8. The largest absolute Gasteiger partial charge is 0.395 e.